The summed E-state index contributed by atoms with van der Waals surface area (Å²) in [6.45, 7) is 1.49. The summed E-state index contributed by atoms with van der Waals surface area (Å²) in [4.78, 5) is 14.4. The van der Waals surface area contributed by atoms with Crippen molar-refractivity contribution in [1.82, 2.24) is 10.2 Å². The standard InChI is InChI=1S/C17H20N2O4/c1-19(2)13(14-4-3-7-21-14)11-18-17(20)12-5-6-15-16(10-12)23-9-8-22-15/h3-7,10,13H,8-9,11H2,1-2H3,(H,18,20)/t13-/m0/s1. The third kappa shape index (κ3) is 3.48. The maximum absolute atomic E-state index is 12.4. The molecule has 6 nitrogen and oxygen atoms in total. The van der Waals surface area contributed by atoms with Gasteiger partial charge >= 0.3 is 0 Å². The second-order valence-corrected chi connectivity index (χ2v) is 5.56. The second-order valence-electron chi connectivity index (χ2n) is 5.56. The molecular weight excluding hydrogens is 296 g/mol. The summed E-state index contributed by atoms with van der Waals surface area (Å²) < 4.78 is 16.4. The number of rotatable bonds is 5. The van der Waals surface area contributed by atoms with Crippen molar-refractivity contribution in [1.29, 1.82) is 0 Å². The van der Waals surface area contributed by atoms with Gasteiger partial charge in [0, 0.05) is 12.1 Å². The topological polar surface area (TPSA) is 63.9 Å². The number of ether oxygens (including phenoxy) is 2. The van der Waals surface area contributed by atoms with Gasteiger partial charge in [0.05, 0.1) is 12.3 Å². The van der Waals surface area contributed by atoms with Crippen LogP contribution in [0.25, 0.3) is 0 Å². The molecule has 23 heavy (non-hydrogen) atoms. The Labute approximate surface area is 135 Å². The lowest BCUT2D eigenvalue weighted by Gasteiger charge is -2.23. The smallest absolute Gasteiger partial charge is 0.251 e. The lowest BCUT2D eigenvalue weighted by atomic mass is 10.1. The highest BCUT2D eigenvalue weighted by Crippen LogP contribution is 2.30. The third-order valence-electron chi connectivity index (χ3n) is 3.76. The fourth-order valence-corrected chi connectivity index (χ4v) is 2.49. The molecule has 1 atom stereocenters. The first-order valence-corrected chi connectivity index (χ1v) is 7.53. The normalized spacial score (nSPS) is 14.6. The highest BCUT2D eigenvalue weighted by molar-refractivity contribution is 5.94. The van der Waals surface area contributed by atoms with E-state index in [2.05, 4.69) is 5.32 Å². The molecule has 0 unspecified atom stereocenters. The number of amides is 1. The van der Waals surface area contributed by atoms with Crippen molar-refractivity contribution in [3.8, 4) is 11.5 Å². The number of carbonyl (C=O) groups is 1. The van der Waals surface area contributed by atoms with Gasteiger partial charge < -0.3 is 19.2 Å². The van der Waals surface area contributed by atoms with Crippen LogP contribution in [0.15, 0.2) is 41.0 Å². The van der Waals surface area contributed by atoms with Gasteiger partial charge in [-0.05, 0) is 44.4 Å². The monoisotopic (exact) mass is 316 g/mol. The average molecular weight is 316 g/mol. The van der Waals surface area contributed by atoms with E-state index in [1.165, 1.54) is 0 Å². The van der Waals surface area contributed by atoms with Gasteiger partial charge in [0.2, 0.25) is 0 Å². The van der Waals surface area contributed by atoms with E-state index in [1.807, 2.05) is 31.1 Å². The summed E-state index contributed by atoms with van der Waals surface area (Å²) in [5.41, 5.74) is 0.547. The van der Waals surface area contributed by atoms with E-state index < -0.39 is 0 Å². The van der Waals surface area contributed by atoms with Gasteiger partial charge in [-0.15, -0.1) is 0 Å². The number of fused-ring (bicyclic) bond motifs is 1. The van der Waals surface area contributed by atoms with Crippen LogP contribution < -0.4 is 14.8 Å². The molecule has 0 spiro atoms. The Morgan fingerprint density at radius 1 is 1.22 bits per heavy atom. The van der Waals surface area contributed by atoms with Crippen molar-refractivity contribution in [2.75, 3.05) is 33.9 Å². The molecule has 1 N–H and O–H groups in total. The first kappa shape index (κ1) is 15.4. The van der Waals surface area contributed by atoms with Crippen LogP contribution in [0.1, 0.15) is 22.2 Å². The van der Waals surface area contributed by atoms with E-state index in [1.54, 1.807) is 24.5 Å². The fraction of sp³-hybridized carbons (Fsp3) is 0.353. The van der Waals surface area contributed by atoms with E-state index in [4.69, 9.17) is 13.9 Å². The molecule has 0 aliphatic carbocycles. The van der Waals surface area contributed by atoms with Crippen molar-refractivity contribution in [2.24, 2.45) is 0 Å². The summed E-state index contributed by atoms with van der Waals surface area (Å²) in [6.07, 6.45) is 1.63. The molecule has 0 fully saturated rings. The number of nitrogens with one attached hydrogen (secondary N) is 1. The van der Waals surface area contributed by atoms with Crippen LogP contribution in [-0.4, -0.2) is 44.7 Å². The predicted molar refractivity (Wildman–Crippen MR) is 84.9 cm³/mol. The van der Waals surface area contributed by atoms with E-state index in [0.717, 1.165) is 5.76 Å². The zero-order chi connectivity index (χ0) is 16.2. The van der Waals surface area contributed by atoms with Crippen LogP contribution in [0.5, 0.6) is 11.5 Å². The minimum atomic E-state index is -0.152. The number of furan rings is 1. The average Bonchev–Trinajstić information content (AvgIpc) is 3.08. The van der Waals surface area contributed by atoms with Crippen LogP contribution in [-0.2, 0) is 0 Å². The lowest BCUT2D eigenvalue weighted by molar-refractivity contribution is 0.0938. The van der Waals surface area contributed by atoms with E-state index in [9.17, 15) is 4.79 Å². The molecule has 1 amide bonds. The minimum absolute atomic E-state index is 0.0221. The highest BCUT2D eigenvalue weighted by Gasteiger charge is 2.19. The number of hydrogen-bond acceptors (Lipinski definition) is 5. The van der Waals surface area contributed by atoms with Gasteiger partial charge in [0.1, 0.15) is 19.0 Å². The number of likely N-dealkylation sites (N-methyl/N-ethyl adjacent to an activating group) is 1. The number of hydrogen-bond donors (Lipinski definition) is 1. The minimum Gasteiger partial charge on any atom is -0.486 e. The summed E-state index contributed by atoms with van der Waals surface area (Å²) in [5, 5.41) is 2.94. The molecule has 1 aromatic heterocycles. The Balaban J connectivity index is 1.67. The maximum Gasteiger partial charge on any atom is 0.251 e. The quantitative estimate of drug-likeness (QED) is 0.915. The SMILES string of the molecule is CN(C)[C@@H](CNC(=O)c1ccc2c(c1)OCCO2)c1ccco1. The van der Waals surface area contributed by atoms with E-state index >= 15 is 0 Å². The Hall–Kier alpha value is -2.47. The van der Waals surface area contributed by atoms with Crippen LogP contribution in [0, 0.1) is 0 Å². The van der Waals surface area contributed by atoms with Gasteiger partial charge in [0.25, 0.3) is 5.91 Å². The molecule has 0 saturated heterocycles. The molecule has 1 aliphatic rings. The van der Waals surface area contributed by atoms with Gasteiger partial charge in [-0.3, -0.25) is 9.69 Å². The zero-order valence-electron chi connectivity index (χ0n) is 13.2. The summed E-state index contributed by atoms with van der Waals surface area (Å²) in [5.74, 6) is 1.95. The third-order valence-corrected chi connectivity index (χ3v) is 3.76. The zero-order valence-corrected chi connectivity index (χ0v) is 13.2. The van der Waals surface area contributed by atoms with Crippen molar-refractivity contribution in [2.45, 2.75) is 6.04 Å². The molecule has 6 heteroatoms. The molecule has 0 bridgehead atoms. The van der Waals surface area contributed by atoms with Gasteiger partial charge in [-0.1, -0.05) is 0 Å². The van der Waals surface area contributed by atoms with Crippen LogP contribution >= 0.6 is 0 Å². The summed E-state index contributed by atoms with van der Waals surface area (Å²) >= 11 is 0. The van der Waals surface area contributed by atoms with Crippen molar-refractivity contribution >= 4 is 5.91 Å². The predicted octanol–water partition coefficient (Wildman–Crippen LogP) is 2.08. The Morgan fingerprint density at radius 3 is 2.70 bits per heavy atom. The first-order chi connectivity index (χ1) is 11.1. The van der Waals surface area contributed by atoms with E-state index in [0.29, 0.717) is 36.8 Å². The van der Waals surface area contributed by atoms with Crippen LogP contribution in [0.4, 0.5) is 0 Å². The van der Waals surface area contributed by atoms with Crippen LogP contribution in [0.2, 0.25) is 0 Å². The van der Waals surface area contributed by atoms with E-state index in [-0.39, 0.29) is 11.9 Å². The number of nitrogens with zero attached hydrogens (tertiary/aromatic N) is 1. The molecule has 0 saturated carbocycles. The largest absolute Gasteiger partial charge is 0.486 e. The van der Waals surface area contributed by atoms with Gasteiger partial charge in [0.15, 0.2) is 11.5 Å². The van der Waals surface area contributed by atoms with Gasteiger partial charge in [-0.25, -0.2) is 0 Å². The number of benzene rings is 1. The Bertz CT molecular complexity index is 667. The van der Waals surface area contributed by atoms with Crippen LogP contribution in [0.3, 0.4) is 0 Å². The first-order valence-electron chi connectivity index (χ1n) is 7.53. The molecule has 1 aliphatic heterocycles. The Morgan fingerprint density at radius 2 is 2.00 bits per heavy atom. The molecule has 122 valence electrons. The molecule has 3 rings (SSSR count). The number of carbonyl (C=O) groups excluding carboxylic acids is 1. The second kappa shape index (κ2) is 6.75. The molecule has 2 heterocycles. The summed E-state index contributed by atoms with van der Waals surface area (Å²) in [6, 6.07) is 8.93. The lowest BCUT2D eigenvalue weighted by Crippen LogP contribution is -2.34. The highest BCUT2D eigenvalue weighted by atomic mass is 16.6. The molecule has 0 radical (unpaired) electrons. The molecular formula is C17H20N2O4. The maximum atomic E-state index is 12.4. The van der Waals surface area contributed by atoms with Crippen molar-refractivity contribution < 1.29 is 18.7 Å². The van der Waals surface area contributed by atoms with Crippen molar-refractivity contribution in [3.05, 3.63) is 47.9 Å². The van der Waals surface area contributed by atoms with Gasteiger partial charge in [-0.2, -0.15) is 0 Å². The molecule has 2 aromatic rings. The molecule has 1 aromatic carbocycles. The Kier molecular flexibility index (Phi) is 4.52. The fourth-order valence-electron chi connectivity index (χ4n) is 2.49. The summed E-state index contributed by atoms with van der Waals surface area (Å²) in [7, 11) is 3.90. The van der Waals surface area contributed by atoms with Crippen molar-refractivity contribution in [3.63, 3.8) is 0 Å².